The van der Waals surface area contributed by atoms with E-state index in [0.717, 1.165) is 24.5 Å². The van der Waals surface area contributed by atoms with Crippen LogP contribution < -0.4 is 5.32 Å². The third kappa shape index (κ3) is 2.89. The molecule has 2 aromatic rings. The molecule has 0 aliphatic carbocycles. The summed E-state index contributed by atoms with van der Waals surface area (Å²) in [6.07, 6.45) is 3.59. The first-order valence-corrected chi connectivity index (χ1v) is 7.67. The van der Waals surface area contributed by atoms with Crippen LogP contribution in [0.3, 0.4) is 0 Å². The lowest BCUT2D eigenvalue weighted by Crippen LogP contribution is -2.56. The second-order valence-electron chi connectivity index (χ2n) is 5.73. The molecule has 1 aliphatic rings. The maximum atomic E-state index is 6.14. The number of rotatable bonds is 5. The van der Waals surface area contributed by atoms with Crippen LogP contribution >= 0.6 is 11.6 Å². The zero-order chi connectivity index (χ0) is 13.8. The Hall–Kier alpha value is -1.31. The van der Waals surface area contributed by atoms with Crippen LogP contribution in [0, 0.1) is 0 Å². The number of nitrogens with one attached hydrogen (secondary N) is 1. The number of aryl methyl sites for hydroxylation is 1. The van der Waals surface area contributed by atoms with Crippen molar-refractivity contribution < 1.29 is 0 Å². The molecule has 0 radical (unpaired) electrons. The maximum absolute atomic E-state index is 6.14. The van der Waals surface area contributed by atoms with Crippen LogP contribution in [0.15, 0.2) is 54.6 Å². The van der Waals surface area contributed by atoms with Crippen LogP contribution in [0.2, 0.25) is 5.02 Å². The zero-order valence-electron chi connectivity index (χ0n) is 11.6. The Morgan fingerprint density at radius 2 is 1.80 bits per heavy atom. The summed E-state index contributed by atoms with van der Waals surface area (Å²) in [7, 11) is 0. The molecule has 0 amide bonds. The fourth-order valence-corrected chi connectivity index (χ4v) is 3.24. The molecule has 1 nitrogen and oxygen atoms in total. The van der Waals surface area contributed by atoms with Gasteiger partial charge in [-0.05, 0) is 42.5 Å². The lowest BCUT2D eigenvalue weighted by atomic mass is 9.71. The van der Waals surface area contributed by atoms with Crippen molar-refractivity contribution in [1.82, 2.24) is 5.32 Å². The van der Waals surface area contributed by atoms with Gasteiger partial charge >= 0.3 is 0 Å². The van der Waals surface area contributed by atoms with Crippen LogP contribution in [0.1, 0.15) is 24.0 Å². The topological polar surface area (TPSA) is 12.0 Å². The molecular weight excluding hydrogens is 266 g/mol. The first-order chi connectivity index (χ1) is 9.78. The summed E-state index contributed by atoms with van der Waals surface area (Å²) in [4.78, 5) is 0. The quantitative estimate of drug-likeness (QED) is 0.868. The van der Waals surface area contributed by atoms with Crippen LogP contribution in [0.4, 0.5) is 0 Å². The fraction of sp³-hybridized carbons (Fsp3) is 0.333. The normalized spacial score (nSPS) is 16.6. The minimum absolute atomic E-state index is 0.291. The van der Waals surface area contributed by atoms with Crippen molar-refractivity contribution in [2.45, 2.75) is 24.7 Å². The van der Waals surface area contributed by atoms with Crippen molar-refractivity contribution >= 4 is 11.6 Å². The summed E-state index contributed by atoms with van der Waals surface area (Å²) in [6, 6.07) is 19.1. The highest BCUT2D eigenvalue weighted by molar-refractivity contribution is 6.30. The van der Waals surface area contributed by atoms with E-state index in [0.29, 0.717) is 5.41 Å². The Morgan fingerprint density at radius 3 is 2.45 bits per heavy atom. The van der Waals surface area contributed by atoms with Gasteiger partial charge in [0.1, 0.15) is 0 Å². The van der Waals surface area contributed by atoms with Crippen LogP contribution in [-0.4, -0.2) is 13.1 Å². The fourth-order valence-electron chi connectivity index (χ4n) is 3.05. The molecule has 2 heteroatoms. The van der Waals surface area contributed by atoms with Crippen LogP contribution in [-0.2, 0) is 11.8 Å². The summed E-state index contributed by atoms with van der Waals surface area (Å²) in [5.41, 5.74) is 3.11. The molecule has 3 rings (SSSR count). The van der Waals surface area contributed by atoms with Crippen molar-refractivity contribution in [3.8, 4) is 0 Å². The number of benzene rings is 2. The van der Waals surface area contributed by atoms with Crippen molar-refractivity contribution in [3.63, 3.8) is 0 Å². The Morgan fingerprint density at radius 1 is 1.00 bits per heavy atom. The molecule has 20 heavy (non-hydrogen) atoms. The molecule has 1 heterocycles. The van der Waals surface area contributed by atoms with Crippen LogP contribution in [0.5, 0.6) is 0 Å². The van der Waals surface area contributed by atoms with Crippen molar-refractivity contribution in [2.24, 2.45) is 0 Å². The molecule has 1 saturated heterocycles. The molecule has 1 fully saturated rings. The minimum Gasteiger partial charge on any atom is -0.315 e. The van der Waals surface area contributed by atoms with E-state index < -0.39 is 0 Å². The van der Waals surface area contributed by atoms with E-state index in [4.69, 9.17) is 11.6 Å². The van der Waals surface area contributed by atoms with Crippen molar-refractivity contribution in [3.05, 3.63) is 70.7 Å². The second-order valence-corrected chi connectivity index (χ2v) is 6.17. The van der Waals surface area contributed by atoms with Gasteiger partial charge in [0.05, 0.1) is 0 Å². The van der Waals surface area contributed by atoms with Gasteiger partial charge < -0.3 is 5.32 Å². The number of halogens is 1. The molecule has 0 aromatic heterocycles. The molecule has 0 bridgehead atoms. The minimum atomic E-state index is 0.291. The third-order valence-corrected chi connectivity index (χ3v) is 4.56. The van der Waals surface area contributed by atoms with Gasteiger partial charge in [0, 0.05) is 23.5 Å². The Labute approximate surface area is 126 Å². The highest BCUT2D eigenvalue weighted by Crippen LogP contribution is 2.35. The van der Waals surface area contributed by atoms with Gasteiger partial charge in [0.25, 0.3) is 0 Å². The van der Waals surface area contributed by atoms with Gasteiger partial charge in [-0.25, -0.2) is 0 Å². The van der Waals surface area contributed by atoms with E-state index in [1.807, 2.05) is 6.07 Å². The smallest absolute Gasteiger partial charge is 0.0408 e. The van der Waals surface area contributed by atoms with E-state index in [1.54, 1.807) is 0 Å². The van der Waals surface area contributed by atoms with E-state index >= 15 is 0 Å². The largest absolute Gasteiger partial charge is 0.315 e. The molecule has 104 valence electrons. The Kier molecular flexibility index (Phi) is 4.09. The highest BCUT2D eigenvalue weighted by Gasteiger charge is 2.37. The molecule has 0 spiro atoms. The third-order valence-electron chi connectivity index (χ3n) is 4.33. The van der Waals surface area contributed by atoms with E-state index in [9.17, 15) is 0 Å². The highest BCUT2D eigenvalue weighted by atomic mass is 35.5. The zero-order valence-corrected chi connectivity index (χ0v) is 12.4. The standard InChI is InChI=1S/C18H20ClN/c19-17-10-4-9-16(12-17)18(13-20-14-18)11-5-8-15-6-2-1-3-7-15/h1-4,6-7,9-10,12,20H,5,8,11,13-14H2. The lowest BCUT2D eigenvalue weighted by molar-refractivity contribution is 0.252. The van der Waals surface area contributed by atoms with Gasteiger partial charge in [-0.3, -0.25) is 0 Å². The molecular formula is C18H20ClN. The number of hydrogen-bond acceptors (Lipinski definition) is 1. The van der Waals surface area contributed by atoms with Crippen molar-refractivity contribution in [2.75, 3.05) is 13.1 Å². The molecule has 1 aliphatic heterocycles. The monoisotopic (exact) mass is 285 g/mol. The maximum Gasteiger partial charge on any atom is 0.0408 e. The summed E-state index contributed by atoms with van der Waals surface area (Å²) in [5, 5.41) is 4.27. The summed E-state index contributed by atoms with van der Waals surface area (Å²) < 4.78 is 0. The van der Waals surface area contributed by atoms with E-state index in [-0.39, 0.29) is 0 Å². The average Bonchev–Trinajstić information content (AvgIpc) is 2.43. The first kappa shape index (κ1) is 13.7. The second kappa shape index (κ2) is 5.99. The summed E-state index contributed by atoms with van der Waals surface area (Å²) in [6.45, 7) is 2.14. The summed E-state index contributed by atoms with van der Waals surface area (Å²) in [5.74, 6) is 0. The van der Waals surface area contributed by atoms with E-state index in [2.05, 4.69) is 53.8 Å². The average molecular weight is 286 g/mol. The van der Waals surface area contributed by atoms with Gasteiger partial charge in [0.15, 0.2) is 0 Å². The first-order valence-electron chi connectivity index (χ1n) is 7.29. The summed E-state index contributed by atoms with van der Waals surface area (Å²) >= 11 is 6.14. The molecule has 1 N–H and O–H groups in total. The number of hydrogen-bond donors (Lipinski definition) is 1. The van der Waals surface area contributed by atoms with Gasteiger partial charge in [-0.2, -0.15) is 0 Å². The van der Waals surface area contributed by atoms with Crippen LogP contribution in [0.25, 0.3) is 0 Å². The Bertz CT molecular complexity index is 561. The predicted molar refractivity (Wildman–Crippen MR) is 85.4 cm³/mol. The predicted octanol–water partition coefficient (Wildman–Crippen LogP) is 4.20. The van der Waals surface area contributed by atoms with E-state index in [1.165, 1.54) is 24.0 Å². The van der Waals surface area contributed by atoms with Gasteiger partial charge in [0.2, 0.25) is 0 Å². The van der Waals surface area contributed by atoms with Gasteiger partial charge in [-0.15, -0.1) is 0 Å². The molecule has 2 aromatic carbocycles. The molecule has 0 saturated carbocycles. The molecule has 0 atom stereocenters. The molecule has 0 unspecified atom stereocenters. The lowest BCUT2D eigenvalue weighted by Gasteiger charge is -2.43. The Balaban J connectivity index is 1.65. The SMILES string of the molecule is Clc1cccc(C2(CCCc3ccccc3)CNC2)c1. The van der Waals surface area contributed by atoms with Gasteiger partial charge in [-0.1, -0.05) is 54.1 Å². The van der Waals surface area contributed by atoms with Crippen molar-refractivity contribution in [1.29, 1.82) is 0 Å².